The van der Waals surface area contributed by atoms with Crippen LogP contribution in [0.2, 0.25) is 0 Å². The van der Waals surface area contributed by atoms with E-state index in [4.69, 9.17) is 9.47 Å². The zero-order valence-corrected chi connectivity index (χ0v) is 18.3. The molecule has 3 fully saturated rings. The second kappa shape index (κ2) is 6.58. The summed E-state index contributed by atoms with van der Waals surface area (Å²) in [6.45, 7) is 2.61. The molecule has 0 radical (unpaired) electrons. The van der Waals surface area contributed by atoms with Crippen LogP contribution in [-0.4, -0.2) is 46.6 Å². The van der Waals surface area contributed by atoms with Crippen LogP contribution in [0.1, 0.15) is 48.8 Å². The van der Waals surface area contributed by atoms with Gasteiger partial charge in [-0.2, -0.15) is 0 Å². The molecule has 32 heavy (non-hydrogen) atoms. The zero-order chi connectivity index (χ0) is 21.5. The van der Waals surface area contributed by atoms with Gasteiger partial charge in [-0.15, -0.1) is 0 Å². The number of phenols is 1. The van der Waals surface area contributed by atoms with Crippen molar-refractivity contribution in [3.8, 4) is 11.5 Å². The molecule has 2 aliphatic heterocycles. The van der Waals surface area contributed by atoms with E-state index in [1.807, 2.05) is 18.2 Å². The van der Waals surface area contributed by atoms with Crippen LogP contribution in [-0.2, 0) is 28.0 Å². The van der Waals surface area contributed by atoms with Crippen LogP contribution in [0.5, 0.6) is 11.5 Å². The number of benzene rings is 2. The first kappa shape index (κ1) is 19.1. The number of nitrogens with zero attached hydrogens (tertiary/aromatic N) is 1. The summed E-state index contributed by atoms with van der Waals surface area (Å²) < 4.78 is 13.4. The van der Waals surface area contributed by atoms with E-state index in [-0.39, 0.29) is 17.6 Å². The Bertz CT molecular complexity index is 1100. The summed E-state index contributed by atoms with van der Waals surface area (Å²) in [5.41, 5.74) is 2.44. The van der Waals surface area contributed by atoms with E-state index in [1.165, 1.54) is 18.4 Å². The second-order valence-corrected chi connectivity index (χ2v) is 10.5. The van der Waals surface area contributed by atoms with Gasteiger partial charge in [0.25, 0.3) is 0 Å². The number of phenolic OH excluding ortho intramolecular Hbond substituents is 1. The molecule has 1 N–H and O–H groups in total. The van der Waals surface area contributed by atoms with Gasteiger partial charge in [0.1, 0.15) is 0 Å². The molecule has 2 aromatic carbocycles. The van der Waals surface area contributed by atoms with Crippen molar-refractivity contribution in [1.82, 2.24) is 4.90 Å². The van der Waals surface area contributed by atoms with Crippen molar-refractivity contribution in [2.75, 3.05) is 13.1 Å². The van der Waals surface area contributed by atoms with Crippen LogP contribution in [0, 0.1) is 5.92 Å². The fourth-order valence-corrected chi connectivity index (χ4v) is 7.32. The Kier molecular flexibility index (Phi) is 3.93. The Labute approximate surface area is 188 Å². The largest absolute Gasteiger partial charge is 0.504 e. The first-order valence-corrected chi connectivity index (χ1v) is 12.1. The topological polar surface area (TPSA) is 59.0 Å². The Morgan fingerprint density at radius 3 is 2.78 bits per heavy atom. The number of ketones is 1. The normalized spacial score (nSPS) is 34.8. The lowest BCUT2D eigenvalue weighted by Gasteiger charge is -2.64. The van der Waals surface area contributed by atoms with Gasteiger partial charge in [-0.05, 0) is 61.8 Å². The van der Waals surface area contributed by atoms with E-state index in [9.17, 15) is 9.90 Å². The van der Waals surface area contributed by atoms with Gasteiger partial charge in [-0.25, -0.2) is 0 Å². The molecule has 0 aromatic heterocycles. The molecular weight excluding hydrogens is 402 g/mol. The van der Waals surface area contributed by atoms with Gasteiger partial charge < -0.3 is 14.6 Å². The number of Topliss-reactive ketones (excluding diaryl/α,β-unsaturated/α-hetero) is 1. The summed E-state index contributed by atoms with van der Waals surface area (Å²) >= 11 is 0. The molecule has 7 rings (SSSR count). The van der Waals surface area contributed by atoms with Gasteiger partial charge in [0.05, 0.1) is 17.6 Å². The van der Waals surface area contributed by atoms with Crippen molar-refractivity contribution in [2.24, 2.45) is 5.92 Å². The highest BCUT2D eigenvalue weighted by molar-refractivity contribution is 5.90. The fraction of sp³-hybridized carbons (Fsp3) is 0.519. The highest BCUT2D eigenvalue weighted by atomic mass is 16.5. The number of rotatable bonds is 5. The van der Waals surface area contributed by atoms with E-state index < -0.39 is 17.1 Å². The van der Waals surface area contributed by atoms with Gasteiger partial charge >= 0.3 is 0 Å². The van der Waals surface area contributed by atoms with Gasteiger partial charge in [0.2, 0.25) is 0 Å². The van der Waals surface area contributed by atoms with Gasteiger partial charge in [0.15, 0.2) is 23.4 Å². The third-order valence-corrected chi connectivity index (χ3v) is 8.86. The number of likely N-dealkylation sites (tertiary alicyclic amines) is 1. The molecule has 2 aromatic rings. The molecule has 166 valence electrons. The standard InChI is InChI=1S/C27H29NO4/c29-20-9-8-19-14-22-27(31-16-18-4-2-1-3-5-18)11-10-21(30)25-26(27,23(19)24(20)32-25)12-13-28(22)15-17-6-7-17/h1-5,8-9,17,22,25,29H,6-7,10-16H2/t22-,25+,26+,27-/m1/s1. The molecule has 2 saturated carbocycles. The quantitative estimate of drug-likeness (QED) is 0.781. The number of carbonyl (C=O) groups excluding carboxylic acids is 1. The molecule has 2 bridgehead atoms. The SMILES string of the molecule is O=C1CC[C@@]2(OCc3ccccc3)[C@H]3Cc4ccc(O)c5c4[C@@]2(CCN3CC2CC2)[C@H]1O5. The molecule has 1 saturated heterocycles. The smallest absolute Gasteiger partial charge is 0.174 e. The number of ether oxygens (including phenoxy) is 2. The van der Waals surface area contributed by atoms with Crippen molar-refractivity contribution in [1.29, 1.82) is 0 Å². The number of hydrogen-bond donors (Lipinski definition) is 1. The molecule has 0 amide bonds. The van der Waals surface area contributed by atoms with Crippen molar-refractivity contribution in [3.05, 3.63) is 59.2 Å². The van der Waals surface area contributed by atoms with Gasteiger partial charge in [-0.1, -0.05) is 36.4 Å². The molecule has 1 spiro atoms. The minimum absolute atomic E-state index is 0.149. The van der Waals surface area contributed by atoms with Crippen LogP contribution in [0.15, 0.2) is 42.5 Å². The Morgan fingerprint density at radius 1 is 1.12 bits per heavy atom. The van der Waals surface area contributed by atoms with E-state index in [1.54, 1.807) is 6.07 Å². The average molecular weight is 432 g/mol. The van der Waals surface area contributed by atoms with Crippen LogP contribution in [0.4, 0.5) is 0 Å². The summed E-state index contributed by atoms with van der Waals surface area (Å²) in [7, 11) is 0. The average Bonchev–Trinajstić information content (AvgIpc) is 3.55. The first-order chi connectivity index (χ1) is 15.6. The summed E-state index contributed by atoms with van der Waals surface area (Å²) in [6.07, 6.45) is 5.01. The van der Waals surface area contributed by atoms with E-state index >= 15 is 0 Å². The van der Waals surface area contributed by atoms with Crippen molar-refractivity contribution in [2.45, 2.75) is 68.3 Å². The molecule has 4 atom stereocenters. The lowest BCUT2D eigenvalue weighted by atomic mass is 9.48. The van der Waals surface area contributed by atoms with Crippen LogP contribution in [0.3, 0.4) is 0 Å². The maximum atomic E-state index is 13.2. The van der Waals surface area contributed by atoms with Crippen LogP contribution < -0.4 is 4.74 Å². The van der Waals surface area contributed by atoms with E-state index in [0.717, 1.165) is 49.4 Å². The van der Waals surface area contributed by atoms with E-state index in [2.05, 4.69) is 23.1 Å². The van der Waals surface area contributed by atoms with E-state index in [0.29, 0.717) is 18.8 Å². The Hall–Kier alpha value is -2.37. The predicted octanol–water partition coefficient (Wildman–Crippen LogP) is 3.75. The summed E-state index contributed by atoms with van der Waals surface area (Å²) in [5, 5.41) is 10.7. The summed E-state index contributed by atoms with van der Waals surface area (Å²) in [4.78, 5) is 15.9. The lowest BCUT2D eigenvalue weighted by molar-refractivity contribution is -0.218. The van der Waals surface area contributed by atoms with Crippen molar-refractivity contribution >= 4 is 5.78 Å². The summed E-state index contributed by atoms with van der Waals surface area (Å²) in [5.74, 6) is 1.63. The Morgan fingerprint density at radius 2 is 1.97 bits per heavy atom. The third-order valence-electron chi connectivity index (χ3n) is 8.86. The monoisotopic (exact) mass is 431 g/mol. The molecular formula is C27H29NO4. The fourth-order valence-electron chi connectivity index (χ4n) is 7.32. The van der Waals surface area contributed by atoms with Crippen molar-refractivity contribution in [3.63, 3.8) is 0 Å². The highest BCUT2D eigenvalue weighted by Crippen LogP contribution is 2.66. The number of aromatic hydroxyl groups is 1. The van der Waals surface area contributed by atoms with Crippen LogP contribution in [0.25, 0.3) is 0 Å². The molecule has 5 heteroatoms. The van der Waals surface area contributed by atoms with Crippen LogP contribution >= 0.6 is 0 Å². The maximum Gasteiger partial charge on any atom is 0.174 e. The molecule has 2 heterocycles. The molecule has 5 aliphatic rings. The third kappa shape index (κ3) is 2.39. The highest BCUT2D eigenvalue weighted by Gasteiger charge is 2.74. The number of piperidine rings is 1. The number of carbonyl (C=O) groups is 1. The first-order valence-electron chi connectivity index (χ1n) is 12.1. The lowest BCUT2D eigenvalue weighted by Crippen LogP contribution is -2.77. The van der Waals surface area contributed by atoms with Gasteiger partial charge in [0, 0.05) is 24.6 Å². The van der Waals surface area contributed by atoms with Crippen molar-refractivity contribution < 1.29 is 19.4 Å². The zero-order valence-electron chi connectivity index (χ0n) is 18.3. The molecule has 3 aliphatic carbocycles. The molecule has 0 unspecified atom stereocenters. The Balaban J connectivity index is 1.40. The minimum atomic E-state index is -0.556. The summed E-state index contributed by atoms with van der Waals surface area (Å²) in [6, 6.07) is 14.4. The maximum absolute atomic E-state index is 13.2. The number of hydrogen-bond acceptors (Lipinski definition) is 5. The second-order valence-electron chi connectivity index (χ2n) is 10.5. The molecule has 5 nitrogen and oxygen atoms in total. The minimum Gasteiger partial charge on any atom is -0.504 e. The predicted molar refractivity (Wildman–Crippen MR) is 119 cm³/mol. The van der Waals surface area contributed by atoms with Gasteiger partial charge in [-0.3, -0.25) is 9.69 Å².